The van der Waals surface area contributed by atoms with Gasteiger partial charge in [-0.3, -0.25) is 10.1 Å². The standard InChI is InChI=1S/C21H14N2O6/c1-28-20-11-16(23(26)27)6-8-18(20)19-9-7-17(29-19)10-15(12-22)13-2-4-14(5-3-13)21(24)25/h2-11H,1H3,(H,24,25)/b15-10-. The molecule has 1 N–H and O–H groups in total. The number of benzene rings is 2. The second-order valence-corrected chi connectivity index (χ2v) is 5.90. The molecule has 8 nitrogen and oxygen atoms in total. The van der Waals surface area contributed by atoms with Crippen LogP contribution in [0.4, 0.5) is 5.69 Å². The number of nitro benzene ring substituents is 1. The third-order valence-electron chi connectivity index (χ3n) is 4.14. The number of hydrogen-bond donors (Lipinski definition) is 1. The van der Waals surface area contributed by atoms with Gasteiger partial charge in [0.25, 0.3) is 5.69 Å². The van der Waals surface area contributed by atoms with Crippen molar-refractivity contribution < 1.29 is 24.0 Å². The lowest BCUT2D eigenvalue weighted by Crippen LogP contribution is -1.95. The minimum absolute atomic E-state index is 0.103. The number of ether oxygens (including phenoxy) is 1. The fourth-order valence-corrected chi connectivity index (χ4v) is 2.69. The number of aromatic carboxylic acids is 1. The van der Waals surface area contributed by atoms with Gasteiger partial charge in [0.05, 0.1) is 40.9 Å². The molecule has 2 aromatic carbocycles. The molecule has 0 saturated carbocycles. The quantitative estimate of drug-likeness (QED) is 0.369. The molecular weight excluding hydrogens is 376 g/mol. The summed E-state index contributed by atoms with van der Waals surface area (Å²) >= 11 is 0. The molecule has 0 aliphatic carbocycles. The zero-order chi connectivity index (χ0) is 21.0. The molecule has 0 saturated heterocycles. The molecule has 144 valence electrons. The fourth-order valence-electron chi connectivity index (χ4n) is 2.69. The summed E-state index contributed by atoms with van der Waals surface area (Å²) in [5.74, 6) is 0.0429. The van der Waals surface area contributed by atoms with Crippen LogP contribution in [0.2, 0.25) is 0 Å². The minimum Gasteiger partial charge on any atom is -0.496 e. The number of nitriles is 1. The Kier molecular flexibility index (Phi) is 5.42. The van der Waals surface area contributed by atoms with Crippen LogP contribution in [-0.4, -0.2) is 23.1 Å². The van der Waals surface area contributed by atoms with Gasteiger partial charge in [-0.05, 0) is 42.0 Å². The van der Waals surface area contributed by atoms with E-state index in [9.17, 15) is 20.2 Å². The molecule has 1 heterocycles. The van der Waals surface area contributed by atoms with E-state index in [1.807, 2.05) is 0 Å². The molecule has 8 heteroatoms. The lowest BCUT2D eigenvalue weighted by molar-refractivity contribution is -0.384. The van der Waals surface area contributed by atoms with E-state index in [0.29, 0.717) is 28.2 Å². The van der Waals surface area contributed by atoms with Crippen LogP contribution in [0.1, 0.15) is 21.7 Å². The highest BCUT2D eigenvalue weighted by molar-refractivity contribution is 5.91. The Bertz CT molecular complexity index is 1150. The molecule has 0 aliphatic rings. The maximum Gasteiger partial charge on any atom is 0.335 e. The summed E-state index contributed by atoms with van der Waals surface area (Å²) in [6, 6.07) is 15.5. The van der Waals surface area contributed by atoms with Gasteiger partial charge in [0, 0.05) is 6.07 Å². The third kappa shape index (κ3) is 4.14. The first kappa shape index (κ1) is 19.4. The lowest BCUT2D eigenvalue weighted by atomic mass is 10.0. The monoisotopic (exact) mass is 390 g/mol. The van der Waals surface area contributed by atoms with Crippen LogP contribution in [0.5, 0.6) is 5.75 Å². The number of methoxy groups -OCH3 is 1. The van der Waals surface area contributed by atoms with E-state index in [4.69, 9.17) is 14.3 Å². The molecule has 1 aromatic heterocycles. The Morgan fingerprint density at radius 3 is 2.45 bits per heavy atom. The van der Waals surface area contributed by atoms with E-state index in [1.165, 1.54) is 43.5 Å². The van der Waals surface area contributed by atoms with Crippen LogP contribution in [0.3, 0.4) is 0 Å². The molecule has 0 atom stereocenters. The van der Waals surface area contributed by atoms with Crippen LogP contribution in [0.25, 0.3) is 23.0 Å². The summed E-state index contributed by atoms with van der Waals surface area (Å²) in [6.07, 6.45) is 1.52. The van der Waals surface area contributed by atoms with Crippen LogP contribution in [0, 0.1) is 21.4 Å². The highest BCUT2D eigenvalue weighted by atomic mass is 16.6. The van der Waals surface area contributed by atoms with E-state index < -0.39 is 10.9 Å². The summed E-state index contributed by atoms with van der Waals surface area (Å²) in [5, 5.41) is 29.3. The van der Waals surface area contributed by atoms with Gasteiger partial charge >= 0.3 is 5.97 Å². The normalized spacial score (nSPS) is 11.0. The molecule has 3 aromatic rings. The number of nitro groups is 1. The van der Waals surface area contributed by atoms with Crippen molar-refractivity contribution in [3.63, 3.8) is 0 Å². The van der Waals surface area contributed by atoms with Crippen molar-refractivity contribution in [1.82, 2.24) is 0 Å². The van der Waals surface area contributed by atoms with E-state index >= 15 is 0 Å². The minimum atomic E-state index is -1.05. The van der Waals surface area contributed by atoms with E-state index in [2.05, 4.69) is 6.07 Å². The lowest BCUT2D eigenvalue weighted by Gasteiger charge is -2.05. The number of furan rings is 1. The SMILES string of the molecule is COc1cc([N+](=O)[O-])ccc1-c1ccc(/C=C(/C#N)c2ccc(C(=O)O)cc2)o1. The average Bonchev–Trinajstić information content (AvgIpc) is 3.19. The molecular formula is C21H14N2O6. The Hall–Kier alpha value is -4.38. The Balaban J connectivity index is 1.94. The van der Waals surface area contributed by atoms with Gasteiger partial charge in [-0.1, -0.05) is 12.1 Å². The summed E-state index contributed by atoms with van der Waals surface area (Å²) in [4.78, 5) is 21.4. The largest absolute Gasteiger partial charge is 0.496 e. The summed E-state index contributed by atoms with van der Waals surface area (Å²) in [6.45, 7) is 0. The highest BCUT2D eigenvalue weighted by Crippen LogP contribution is 2.34. The zero-order valence-corrected chi connectivity index (χ0v) is 15.2. The Labute approximate surface area is 165 Å². The van der Waals surface area contributed by atoms with Gasteiger partial charge in [0.15, 0.2) is 0 Å². The van der Waals surface area contributed by atoms with Gasteiger partial charge < -0.3 is 14.3 Å². The number of rotatable bonds is 6. The van der Waals surface area contributed by atoms with Crippen molar-refractivity contribution in [3.05, 3.63) is 81.6 Å². The average molecular weight is 390 g/mol. The number of hydrogen-bond acceptors (Lipinski definition) is 6. The van der Waals surface area contributed by atoms with Crippen LogP contribution < -0.4 is 4.74 Å². The molecule has 0 radical (unpaired) electrons. The van der Waals surface area contributed by atoms with Crippen molar-refractivity contribution in [2.75, 3.05) is 7.11 Å². The predicted molar refractivity (Wildman–Crippen MR) is 104 cm³/mol. The van der Waals surface area contributed by atoms with Crippen molar-refractivity contribution >= 4 is 23.3 Å². The second-order valence-electron chi connectivity index (χ2n) is 5.90. The van der Waals surface area contributed by atoms with Gasteiger partial charge in [-0.2, -0.15) is 5.26 Å². The van der Waals surface area contributed by atoms with Crippen LogP contribution in [-0.2, 0) is 0 Å². The number of carboxylic acids is 1. The Morgan fingerprint density at radius 1 is 1.17 bits per heavy atom. The number of nitrogens with zero attached hydrogens (tertiary/aromatic N) is 2. The van der Waals surface area contributed by atoms with Crippen molar-refractivity contribution in [3.8, 4) is 23.1 Å². The molecule has 0 bridgehead atoms. The van der Waals surface area contributed by atoms with Crippen molar-refractivity contribution in [1.29, 1.82) is 5.26 Å². The Morgan fingerprint density at radius 2 is 1.86 bits per heavy atom. The van der Waals surface area contributed by atoms with Gasteiger partial charge in [-0.25, -0.2) is 4.79 Å². The number of non-ortho nitro benzene ring substituents is 1. The first-order valence-corrected chi connectivity index (χ1v) is 8.31. The van der Waals surface area contributed by atoms with Gasteiger partial charge in [0.2, 0.25) is 0 Å². The summed E-state index contributed by atoms with van der Waals surface area (Å²) in [7, 11) is 1.40. The molecule has 0 amide bonds. The van der Waals surface area contributed by atoms with Crippen LogP contribution in [0.15, 0.2) is 59.0 Å². The molecule has 0 unspecified atom stereocenters. The maximum absolute atomic E-state index is 10.9. The van der Waals surface area contributed by atoms with E-state index in [-0.39, 0.29) is 17.0 Å². The predicted octanol–water partition coefficient (Wildman–Crippen LogP) is 4.63. The first-order valence-electron chi connectivity index (χ1n) is 8.31. The number of carboxylic acid groups (broad SMARTS) is 1. The number of allylic oxidation sites excluding steroid dienone is 1. The van der Waals surface area contributed by atoms with Crippen LogP contribution >= 0.6 is 0 Å². The van der Waals surface area contributed by atoms with Crippen molar-refractivity contribution in [2.24, 2.45) is 0 Å². The first-order chi connectivity index (χ1) is 13.9. The van der Waals surface area contributed by atoms with Crippen molar-refractivity contribution in [2.45, 2.75) is 0 Å². The van der Waals surface area contributed by atoms with Gasteiger partial charge in [-0.15, -0.1) is 0 Å². The molecule has 3 rings (SSSR count). The summed E-state index contributed by atoms with van der Waals surface area (Å²) < 4.78 is 11.0. The second kappa shape index (κ2) is 8.10. The number of carbonyl (C=O) groups is 1. The van der Waals surface area contributed by atoms with E-state index in [1.54, 1.807) is 24.3 Å². The third-order valence-corrected chi connectivity index (χ3v) is 4.14. The maximum atomic E-state index is 10.9. The molecule has 0 fully saturated rings. The smallest absolute Gasteiger partial charge is 0.335 e. The van der Waals surface area contributed by atoms with Gasteiger partial charge in [0.1, 0.15) is 17.3 Å². The molecule has 0 aliphatic heterocycles. The highest BCUT2D eigenvalue weighted by Gasteiger charge is 2.15. The fraction of sp³-hybridized carbons (Fsp3) is 0.0476. The summed E-state index contributed by atoms with van der Waals surface area (Å²) in [5.41, 5.74) is 1.38. The van der Waals surface area contributed by atoms with E-state index in [0.717, 1.165) is 0 Å². The molecule has 0 spiro atoms. The zero-order valence-electron chi connectivity index (χ0n) is 15.2. The topological polar surface area (TPSA) is 127 Å². The molecule has 29 heavy (non-hydrogen) atoms.